The lowest BCUT2D eigenvalue weighted by atomic mass is 10.3. The Hall–Kier alpha value is -2.29. The third-order valence-electron chi connectivity index (χ3n) is 3.22. The normalized spacial score (nSPS) is 11.4. The quantitative estimate of drug-likeness (QED) is 0.438. The summed E-state index contributed by atoms with van der Waals surface area (Å²) < 4.78 is 52.8. The average Bonchev–Trinajstić information content (AvgIpc) is 2.97. The Balaban J connectivity index is 2.47. The summed E-state index contributed by atoms with van der Waals surface area (Å²) >= 11 is 1.22. The van der Waals surface area contributed by atoms with Crippen LogP contribution < -0.4 is 0 Å². The van der Waals surface area contributed by atoms with Gasteiger partial charge in [0.15, 0.2) is 5.16 Å². The van der Waals surface area contributed by atoms with Gasteiger partial charge in [-0.3, -0.25) is 9.36 Å². The average molecular weight is 373 g/mol. The third-order valence-corrected chi connectivity index (χ3v) is 3.88. The minimum Gasteiger partial charge on any atom is -0.324 e. The van der Waals surface area contributed by atoms with Gasteiger partial charge in [-0.25, -0.2) is 9.37 Å². The maximum atomic E-state index is 13.1. The van der Waals surface area contributed by atoms with Crippen LogP contribution in [0, 0.1) is 5.82 Å². The molecule has 9 heteroatoms. The number of benzene rings is 1. The first-order chi connectivity index (χ1) is 11.8. The van der Waals surface area contributed by atoms with E-state index < -0.39 is 24.4 Å². The molecule has 1 aromatic carbocycles. The van der Waals surface area contributed by atoms with E-state index in [-0.39, 0.29) is 12.2 Å². The van der Waals surface area contributed by atoms with E-state index in [1.165, 1.54) is 52.9 Å². The molecule has 1 heterocycles. The smallest absolute Gasteiger partial charge is 0.324 e. The van der Waals surface area contributed by atoms with Gasteiger partial charge in [0.2, 0.25) is 0 Å². The molecule has 134 valence electrons. The molecule has 0 N–H and O–H groups in total. The summed E-state index contributed by atoms with van der Waals surface area (Å²) in [5, 5.41) is 0.403. The Kier molecular flexibility index (Phi) is 5.89. The zero-order valence-corrected chi connectivity index (χ0v) is 14.1. The lowest BCUT2D eigenvalue weighted by Gasteiger charge is -2.23. The number of alkyl halides is 3. The monoisotopic (exact) mass is 373 g/mol. The number of nitrogens with zero attached hydrogens (tertiary/aromatic N) is 3. The van der Waals surface area contributed by atoms with Gasteiger partial charge in [-0.05, 0) is 30.5 Å². The number of hydrogen-bond acceptors (Lipinski definition) is 3. The summed E-state index contributed by atoms with van der Waals surface area (Å²) in [6.45, 7) is 1.72. The number of carbonyl (C=O) groups is 1. The standard InChI is InChI=1S/C16H15F4N3OS/c1-3-8-22(10-16(18,19)20)14(24)13-9-21-15(25-2)23(13)12-6-4-11(17)5-7-12/h3-7,9H,1,8,10H2,2H3. The minimum absolute atomic E-state index is 0.0398. The van der Waals surface area contributed by atoms with Crippen LogP contribution in [0.1, 0.15) is 10.5 Å². The number of rotatable bonds is 6. The molecule has 0 aliphatic carbocycles. The highest BCUT2D eigenvalue weighted by Gasteiger charge is 2.34. The van der Waals surface area contributed by atoms with Crippen molar-refractivity contribution >= 4 is 17.7 Å². The highest BCUT2D eigenvalue weighted by Crippen LogP contribution is 2.24. The summed E-state index contributed by atoms with van der Waals surface area (Å²) in [6.07, 6.45) is -0.392. The number of aromatic nitrogens is 2. The Morgan fingerprint density at radius 3 is 2.52 bits per heavy atom. The van der Waals surface area contributed by atoms with E-state index in [1.54, 1.807) is 6.26 Å². The molecule has 2 rings (SSSR count). The van der Waals surface area contributed by atoms with Crippen LogP contribution in [0.5, 0.6) is 0 Å². The predicted molar refractivity (Wildman–Crippen MR) is 87.5 cm³/mol. The fourth-order valence-electron chi connectivity index (χ4n) is 2.22. The van der Waals surface area contributed by atoms with Crippen molar-refractivity contribution in [3.63, 3.8) is 0 Å². The molecule has 25 heavy (non-hydrogen) atoms. The van der Waals surface area contributed by atoms with Crippen molar-refractivity contribution in [3.05, 3.63) is 54.6 Å². The Morgan fingerprint density at radius 1 is 1.36 bits per heavy atom. The Labute approximate surface area is 146 Å². The highest BCUT2D eigenvalue weighted by atomic mass is 32.2. The molecular formula is C16H15F4N3OS. The van der Waals surface area contributed by atoms with Crippen LogP contribution in [0.25, 0.3) is 5.69 Å². The van der Waals surface area contributed by atoms with Crippen LogP contribution in [0.2, 0.25) is 0 Å². The molecule has 0 aliphatic heterocycles. The molecule has 2 aromatic rings. The lowest BCUT2D eigenvalue weighted by Crippen LogP contribution is -2.39. The number of carbonyl (C=O) groups excluding carboxylic acids is 1. The zero-order valence-electron chi connectivity index (χ0n) is 13.3. The molecule has 0 fully saturated rings. The van der Waals surface area contributed by atoms with Crippen LogP contribution in [0.4, 0.5) is 17.6 Å². The molecule has 0 unspecified atom stereocenters. The first-order valence-corrected chi connectivity index (χ1v) is 8.34. The van der Waals surface area contributed by atoms with Gasteiger partial charge < -0.3 is 4.90 Å². The van der Waals surface area contributed by atoms with Gasteiger partial charge in [0.1, 0.15) is 18.1 Å². The number of thioether (sulfide) groups is 1. The Bertz CT molecular complexity index is 756. The first kappa shape index (κ1) is 19.0. The van der Waals surface area contributed by atoms with E-state index in [0.29, 0.717) is 15.7 Å². The molecule has 0 radical (unpaired) electrons. The van der Waals surface area contributed by atoms with Crippen LogP contribution in [0.15, 0.2) is 48.3 Å². The number of halogens is 4. The van der Waals surface area contributed by atoms with Gasteiger partial charge in [0, 0.05) is 12.2 Å². The van der Waals surface area contributed by atoms with E-state index >= 15 is 0 Å². The largest absolute Gasteiger partial charge is 0.406 e. The SMILES string of the molecule is C=CCN(CC(F)(F)F)C(=O)c1cnc(SC)n1-c1ccc(F)cc1. The first-order valence-electron chi connectivity index (χ1n) is 7.11. The van der Waals surface area contributed by atoms with E-state index in [1.807, 2.05) is 0 Å². The molecule has 0 saturated heterocycles. The lowest BCUT2D eigenvalue weighted by molar-refractivity contribution is -0.139. The topological polar surface area (TPSA) is 38.1 Å². The van der Waals surface area contributed by atoms with E-state index in [2.05, 4.69) is 11.6 Å². The van der Waals surface area contributed by atoms with Gasteiger partial charge in [-0.2, -0.15) is 13.2 Å². The molecule has 0 atom stereocenters. The van der Waals surface area contributed by atoms with Gasteiger partial charge >= 0.3 is 6.18 Å². The van der Waals surface area contributed by atoms with Crippen molar-refractivity contribution in [1.29, 1.82) is 0 Å². The molecule has 0 saturated carbocycles. The minimum atomic E-state index is -4.54. The van der Waals surface area contributed by atoms with E-state index in [4.69, 9.17) is 0 Å². The summed E-state index contributed by atoms with van der Waals surface area (Å²) in [6, 6.07) is 5.25. The molecule has 0 aliphatic rings. The van der Waals surface area contributed by atoms with Crippen LogP contribution in [-0.2, 0) is 0 Å². The second-order valence-corrected chi connectivity index (χ2v) is 5.80. The maximum Gasteiger partial charge on any atom is 0.406 e. The third kappa shape index (κ3) is 4.62. The summed E-state index contributed by atoms with van der Waals surface area (Å²) in [7, 11) is 0. The summed E-state index contributed by atoms with van der Waals surface area (Å²) in [5.74, 6) is -1.30. The van der Waals surface area contributed by atoms with Crippen molar-refractivity contribution in [3.8, 4) is 5.69 Å². The Morgan fingerprint density at radius 2 is 2.00 bits per heavy atom. The second-order valence-electron chi connectivity index (χ2n) is 5.03. The van der Waals surface area contributed by atoms with Crippen LogP contribution in [0.3, 0.4) is 0 Å². The van der Waals surface area contributed by atoms with Crippen molar-refractivity contribution in [2.24, 2.45) is 0 Å². The molecule has 0 bridgehead atoms. The molecule has 1 amide bonds. The number of imidazole rings is 1. The fourth-order valence-corrected chi connectivity index (χ4v) is 2.77. The van der Waals surface area contributed by atoms with Gasteiger partial charge in [0.25, 0.3) is 5.91 Å². The fraction of sp³-hybridized carbons (Fsp3) is 0.250. The molecule has 1 aromatic heterocycles. The van der Waals surface area contributed by atoms with Crippen molar-refractivity contribution in [2.75, 3.05) is 19.3 Å². The van der Waals surface area contributed by atoms with Crippen LogP contribution in [-0.4, -0.2) is 45.9 Å². The van der Waals surface area contributed by atoms with Crippen molar-refractivity contribution < 1.29 is 22.4 Å². The van der Waals surface area contributed by atoms with Crippen molar-refractivity contribution in [2.45, 2.75) is 11.3 Å². The molecular weight excluding hydrogens is 358 g/mol. The zero-order chi connectivity index (χ0) is 18.6. The van der Waals surface area contributed by atoms with Crippen molar-refractivity contribution in [1.82, 2.24) is 14.5 Å². The van der Waals surface area contributed by atoms with E-state index in [0.717, 1.165) is 0 Å². The predicted octanol–water partition coefficient (Wildman–Crippen LogP) is 3.92. The van der Waals surface area contributed by atoms with Gasteiger partial charge in [0.05, 0.1) is 6.20 Å². The maximum absolute atomic E-state index is 13.1. The number of amides is 1. The van der Waals surface area contributed by atoms with E-state index in [9.17, 15) is 22.4 Å². The second kappa shape index (κ2) is 7.73. The highest BCUT2D eigenvalue weighted by molar-refractivity contribution is 7.98. The van der Waals surface area contributed by atoms with Gasteiger partial charge in [-0.1, -0.05) is 17.8 Å². The summed E-state index contributed by atoms with van der Waals surface area (Å²) in [5.41, 5.74) is 0.388. The van der Waals surface area contributed by atoms with Crippen LogP contribution >= 0.6 is 11.8 Å². The van der Waals surface area contributed by atoms with Gasteiger partial charge in [-0.15, -0.1) is 6.58 Å². The number of hydrogen-bond donors (Lipinski definition) is 0. The summed E-state index contributed by atoms with van der Waals surface area (Å²) in [4.78, 5) is 17.3. The molecule has 4 nitrogen and oxygen atoms in total. The molecule has 0 spiro atoms.